The van der Waals surface area contributed by atoms with Crippen LogP contribution >= 0.6 is 0 Å². The maximum atomic E-state index is 11.5. The van der Waals surface area contributed by atoms with E-state index in [9.17, 15) is 8.42 Å². The first-order valence-corrected chi connectivity index (χ1v) is 6.06. The van der Waals surface area contributed by atoms with E-state index in [0.29, 0.717) is 6.42 Å². The van der Waals surface area contributed by atoms with Crippen molar-refractivity contribution in [2.75, 3.05) is 0 Å². The van der Waals surface area contributed by atoms with Gasteiger partial charge in [0, 0.05) is 0 Å². The molecule has 0 radical (unpaired) electrons. The van der Waals surface area contributed by atoms with Crippen molar-refractivity contribution in [1.29, 1.82) is 0 Å². The minimum absolute atomic E-state index is 0. The number of benzene rings is 1. The Balaban J connectivity index is 0.00000225. The molecule has 6 heteroatoms. The molecular formula is C10H13LiN2O2S. The van der Waals surface area contributed by atoms with E-state index in [2.05, 4.69) is 9.93 Å². The molecule has 0 saturated carbocycles. The van der Waals surface area contributed by atoms with Gasteiger partial charge in [0.2, 0.25) is 0 Å². The summed E-state index contributed by atoms with van der Waals surface area (Å²) in [6.45, 7) is 3.75. The van der Waals surface area contributed by atoms with Crippen LogP contribution in [-0.2, 0) is 10.0 Å². The molecule has 0 bridgehead atoms. The van der Waals surface area contributed by atoms with Gasteiger partial charge in [-0.25, -0.2) is 8.42 Å². The van der Waals surface area contributed by atoms with Crippen molar-refractivity contribution < 1.29 is 27.3 Å². The minimum atomic E-state index is -3.62. The maximum Gasteiger partial charge on any atom is 1.00 e. The fourth-order valence-electron chi connectivity index (χ4n) is 0.934. The third-order valence-corrected chi connectivity index (χ3v) is 2.91. The molecular weight excluding hydrogens is 219 g/mol. The Morgan fingerprint density at radius 2 is 1.88 bits per heavy atom. The van der Waals surface area contributed by atoms with Crippen LogP contribution in [0.4, 0.5) is 0 Å². The zero-order chi connectivity index (χ0) is 11.3. The second-order valence-electron chi connectivity index (χ2n) is 3.08. The second kappa shape index (κ2) is 6.74. The van der Waals surface area contributed by atoms with Crippen molar-refractivity contribution in [2.24, 2.45) is 5.10 Å². The largest absolute Gasteiger partial charge is 1.00 e. The summed E-state index contributed by atoms with van der Waals surface area (Å²) >= 11 is 0. The van der Waals surface area contributed by atoms with E-state index in [1.54, 1.807) is 12.1 Å². The van der Waals surface area contributed by atoms with Gasteiger partial charge in [0.05, 0.1) is 4.90 Å². The van der Waals surface area contributed by atoms with Crippen LogP contribution < -0.4 is 18.9 Å². The molecule has 0 heterocycles. The van der Waals surface area contributed by atoms with Crippen molar-refractivity contribution in [3.05, 3.63) is 34.7 Å². The minimum Gasteiger partial charge on any atom is -0.491 e. The molecule has 1 rings (SSSR count). The van der Waals surface area contributed by atoms with Gasteiger partial charge < -0.3 is 9.93 Å². The summed E-state index contributed by atoms with van der Waals surface area (Å²) in [5.41, 5.74) is 1.01. The van der Waals surface area contributed by atoms with Crippen LogP contribution in [0.15, 0.2) is 34.3 Å². The standard InChI is InChI=1S/C10H13N2O2S.Li/c1-3-8-11-12-15(13,14)10-6-4-9(2)5-7-10;/h4-8H,3H2,1-2H3;/q-1;+1/b11-8+;. The molecule has 4 nitrogen and oxygen atoms in total. The SMILES string of the molecule is CC/C=N/[N-]S(=O)(=O)c1ccc(C)cc1.[Li+]. The third kappa shape index (κ3) is 4.40. The Hall–Kier alpha value is -0.763. The van der Waals surface area contributed by atoms with Gasteiger partial charge >= 0.3 is 18.9 Å². The van der Waals surface area contributed by atoms with Crippen molar-refractivity contribution in [3.63, 3.8) is 0 Å². The smallest absolute Gasteiger partial charge is 0.491 e. The Morgan fingerprint density at radius 1 is 1.31 bits per heavy atom. The van der Waals surface area contributed by atoms with Gasteiger partial charge in [-0.3, -0.25) is 0 Å². The maximum absolute atomic E-state index is 11.5. The van der Waals surface area contributed by atoms with Gasteiger partial charge in [-0.1, -0.05) is 24.6 Å². The first-order valence-electron chi connectivity index (χ1n) is 4.61. The van der Waals surface area contributed by atoms with E-state index < -0.39 is 10.0 Å². The van der Waals surface area contributed by atoms with Gasteiger partial charge in [0.1, 0.15) is 10.0 Å². The van der Waals surface area contributed by atoms with E-state index in [1.165, 1.54) is 18.3 Å². The zero-order valence-corrected chi connectivity index (χ0v) is 10.5. The summed E-state index contributed by atoms with van der Waals surface area (Å²) in [6.07, 6.45) is 2.11. The monoisotopic (exact) mass is 232 g/mol. The van der Waals surface area contributed by atoms with Crippen LogP contribution in [0.2, 0.25) is 0 Å². The van der Waals surface area contributed by atoms with Crippen molar-refractivity contribution in [1.82, 2.24) is 0 Å². The number of hydrogen-bond acceptors (Lipinski definition) is 3. The molecule has 1 aromatic carbocycles. The molecule has 0 unspecified atom stereocenters. The fourth-order valence-corrected chi connectivity index (χ4v) is 1.70. The molecule has 0 aliphatic rings. The van der Waals surface area contributed by atoms with Crippen LogP contribution in [-0.4, -0.2) is 14.6 Å². The summed E-state index contributed by atoms with van der Waals surface area (Å²) < 4.78 is 23.1. The van der Waals surface area contributed by atoms with Crippen LogP contribution in [0.25, 0.3) is 4.83 Å². The van der Waals surface area contributed by atoms with Gasteiger partial charge in [0.15, 0.2) is 0 Å². The van der Waals surface area contributed by atoms with Crippen molar-refractivity contribution >= 4 is 16.2 Å². The molecule has 0 aromatic heterocycles. The molecule has 0 N–H and O–H groups in total. The van der Waals surface area contributed by atoms with E-state index >= 15 is 0 Å². The van der Waals surface area contributed by atoms with E-state index in [0.717, 1.165) is 5.56 Å². The number of nitrogens with zero attached hydrogens (tertiary/aromatic N) is 2. The average molecular weight is 232 g/mol. The van der Waals surface area contributed by atoms with Gasteiger partial charge in [0.25, 0.3) is 0 Å². The van der Waals surface area contributed by atoms with Crippen LogP contribution in [0.5, 0.6) is 0 Å². The molecule has 1 aromatic rings. The number of aryl methyl sites for hydroxylation is 1. The molecule has 82 valence electrons. The topological polar surface area (TPSA) is 60.6 Å². The number of rotatable bonds is 4. The summed E-state index contributed by atoms with van der Waals surface area (Å²) in [6, 6.07) is 6.50. The van der Waals surface area contributed by atoms with E-state index in [1.807, 2.05) is 13.8 Å². The molecule has 16 heavy (non-hydrogen) atoms. The molecule has 0 amide bonds. The molecule has 0 atom stereocenters. The van der Waals surface area contributed by atoms with Gasteiger partial charge in [-0.15, -0.1) is 0 Å². The van der Waals surface area contributed by atoms with Crippen molar-refractivity contribution in [3.8, 4) is 0 Å². The fraction of sp³-hybridized carbons (Fsp3) is 0.300. The first kappa shape index (κ1) is 15.2. The Labute approximate surface area is 108 Å². The Bertz CT molecular complexity index is 440. The summed E-state index contributed by atoms with van der Waals surface area (Å²) in [5, 5.41) is 3.47. The zero-order valence-electron chi connectivity index (χ0n) is 9.71. The molecule has 0 saturated heterocycles. The summed E-state index contributed by atoms with van der Waals surface area (Å²) in [5.74, 6) is 0. The van der Waals surface area contributed by atoms with Crippen LogP contribution in [0, 0.1) is 6.92 Å². The van der Waals surface area contributed by atoms with Crippen LogP contribution in [0.3, 0.4) is 0 Å². The predicted molar refractivity (Wildman–Crippen MR) is 60.5 cm³/mol. The van der Waals surface area contributed by atoms with Crippen molar-refractivity contribution in [2.45, 2.75) is 25.2 Å². The average Bonchev–Trinajstić information content (AvgIpc) is 2.18. The summed E-state index contributed by atoms with van der Waals surface area (Å²) in [4.78, 5) is 3.46. The van der Waals surface area contributed by atoms with Gasteiger partial charge in [-0.2, -0.15) is 0 Å². The van der Waals surface area contributed by atoms with E-state index in [4.69, 9.17) is 0 Å². The number of sulfonamides is 1. The Morgan fingerprint density at radius 3 is 2.38 bits per heavy atom. The molecule has 0 aliphatic heterocycles. The predicted octanol–water partition coefficient (Wildman–Crippen LogP) is -0.543. The number of hydrogen-bond donors (Lipinski definition) is 0. The van der Waals surface area contributed by atoms with Crippen LogP contribution in [0.1, 0.15) is 18.9 Å². The summed E-state index contributed by atoms with van der Waals surface area (Å²) in [7, 11) is -3.62. The quantitative estimate of drug-likeness (QED) is 0.397. The molecule has 0 spiro atoms. The normalized spacial score (nSPS) is 11.1. The Kier molecular flexibility index (Phi) is 6.42. The first-order chi connectivity index (χ1) is 7.06. The second-order valence-corrected chi connectivity index (χ2v) is 4.66. The molecule has 0 fully saturated rings. The van der Waals surface area contributed by atoms with Gasteiger partial charge in [-0.05, 0) is 31.7 Å². The van der Waals surface area contributed by atoms with E-state index in [-0.39, 0.29) is 23.8 Å². The third-order valence-electron chi connectivity index (χ3n) is 1.74. The molecule has 0 aliphatic carbocycles.